The molecular weight excluding hydrogens is 436 g/mol. The third-order valence-corrected chi connectivity index (χ3v) is 8.64. The van der Waals surface area contributed by atoms with Crippen molar-refractivity contribution in [1.29, 1.82) is 0 Å². The standard InChI is InChI=1S/C28H42N6O/c1-21-25(23-4-3-11-30-19-23)5-2-6-26(21)28(35)32-24-9-14-34(15-10-24)27-8-7-22(18-31-27)20-33-16-12-29-13-17-33/h3-4,7-8,11,18-19,21-22,24-27,29H,2,5-6,9-10,12-17,20H2,1H3,(H,32,35). The monoisotopic (exact) mass is 478 g/mol. The van der Waals surface area contributed by atoms with Crippen molar-refractivity contribution in [2.75, 3.05) is 45.8 Å². The van der Waals surface area contributed by atoms with Gasteiger partial charge in [0.1, 0.15) is 6.17 Å². The van der Waals surface area contributed by atoms with Gasteiger partial charge in [-0.05, 0) is 55.2 Å². The molecule has 4 heterocycles. The molecule has 3 aliphatic heterocycles. The molecule has 0 spiro atoms. The van der Waals surface area contributed by atoms with Gasteiger partial charge in [-0.25, -0.2) is 0 Å². The number of piperidine rings is 1. The van der Waals surface area contributed by atoms with Gasteiger partial charge in [0.2, 0.25) is 5.91 Å². The van der Waals surface area contributed by atoms with Crippen LogP contribution in [0.1, 0.15) is 50.5 Å². The lowest BCUT2D eigenvalue weighted by Gasteiger charge is -2.39. The lowest BCUT2D eigenvalue weighted by atomic mass is 9.70. The van der Waals surface area contributed by atoms with Crippen LogP contribution in [0.3, 0.4) is 0 Å². The number of rotatable bonds is 6. The summed E-state index contributed by atoms with van der Waals surface area (Å²) < 4.78 is 0. The van der Waals surface area contributed by atoms with Crippen LogP contribution in [-0.2, 0) is 4.79 Å². The zero-order valence-electron chi connectivity index (χ0n) is 21.2. The maximum absolute atomic E-state index is 13.3. The minimum atomic E-state index is 0.102. The van der Waals surface area contributed by atoms with Gasteiger partial charge in [0.25, 0.3) is 0 Å². The maximum Gasteiger partial charge on any atom is 0.223 e. The number of pyridine rings is 1. The number of aromatic nitrogens is 1. The SMILES string of the molecule is CC1C(C(=O)NC2CCN(C3C=CC(CN4CCNCC4)C=N3)CC2)CCCC1c1cccnc1. The Bertz CT molecular complexity index is 861. The molecule has 0 radical (unpaired) electrons. The van der Waals surface area contributed by atoms with Gasteiger partial charge in [0.15, 0.2) is 0 Å². The van der Waals surface area contributed by atoms with Crippen molar-refractivity contribution in [1.82, 2.24) is 25.4 Å². The first-order valence-corrected chi connectivity index (χ1v) is 13.8. The van der Waals surface area contributed by atoms with E-state index in [9.17, 15) is 4.79 Å². The number of likely N-dealkylation sites (tertiary alicyclic amines) is 1. The fourth-order valence-corrected chi connectivity index (χ4v) is 6.47. The average Bonchev–Trinajstić information content (AvgIpc) is 2.91. The number of piperazine rings is 1. The van der Waals surface area contributed by atoms with Crippen LogP contribution in [0, 0.1) is 17.8 Å². The minimum Gasteiger partial charge on any atom is -0.353 e. The quantitative estimate of drug-likeness (QED) is 0.615. The number of aliphatic imine (C=N–C) groups is 1. The van der Waals surface area contributed by atoms with Crippen molar-refractivity contribution in [3.05, 3.63) is 42.2 Å². The van der Waals surface area contributed by atoms with E-state index >= 15 is 0 Å². The van der Waals surface area contributed by atoms with Crippen molar-refractivity contribution in [2.24, 2.45) is 22.7 Å². The Morgan fingerprint density at radius 1 is 1.11 bits per heavy atom. The Morgan fingerprint density at radius 3 is 2.66 bits per heavy atom. The van der Waals surface area contributed by atoms with Crippen molar-refractivity contribution >= 4 is 12.1 Å². The van der Waals surface area contributed by atoms with E-state index in [1.165, 1.54) is 5.56 Å². The summed E-state index contributed by atoms with van der Waals surface area (Å²) in [4.78, 5) is 27.4. The zero-order valence-corrected chi connectivity index (χ0v) is 21.2. The van der Waals surface area contributed by atoms with Crippen LogP contribution >= 0.6 is 0 Å². The third-order valence-electron chi connectivity index (χ3n) is 8.64. The molecule has 1 aromatic rings. The van der Waals surface area contributed by atoms with E-state index in [2.05, 4.69) is 56.8 Å². The van der Waals surface area contributed by atoms with Crippen molar-refractivity contribution < 1.29 is 4.79 Å². The predicted molar refractivity (Wildman–Crippen MR) is 140 cm³/mol. The summed E-state index contributed by atoms with van der Waals surface area (Å²) in [6.07, 6.45) is 16.0. The van der Waals surface area contributed by atoms with Crippen molar-refractivity contribution in [3.63, 3.8) is 0 Å². The molecule has 1 aliphatic carbocycles. The first-order chi connectivity index (χ1) is 17.2. The average molecular weight is 479 g/mol. The first-order valence-electron chi connectivity index (χ1n) is 13.8. The highest BCUT2D eigenvalue weighted by atomic mass is 16.2. The minimum absolute atomic E-state index is 0.102. The summed E-state index contributed by atoms with van der Waals surface area (Å²) in [5.41, 5.74) is 1.28. The molecule has 2 saturated heterocycles. The number of hydrogen-bond acceptors (Lipinski definition) is 6. The number of nitrogens with one attached hydrogen (secondary N) is 2. The number of amides is 1. The lowest BCUT2D eigenvalue weighted by Crippen LogP contribution is -2.50. The number of nitrogens with zero attached hydrogens (tertiary/aromatic N) is 4. The fraction of sp³-hybridized carbons (Fsp3) is 0.679. The van der Waals surface area contributed by atoms with Crippen LogP contribution in [0.4, 0.5) is 0 Å². The van der Waals surface area contributed by atoms with E-state index in [0.717, 1.165) is 77.9 Å². The van der Waals surface area contributed by atoms with Crippen LogP contribution in [0.25, 0.3) is 0 Å². The Hall–Kier alpha value is -2.09. The summed E-state index contributed by atoms with van der Waals surface area (Å²) in [7, 11) is 0. The molecule has 1 aromatic heterocycles. The fourth-order valence-electron chi connectivity index (χ4n) is 6.47. The normalized spacial score (nSPS) is 33.0. The summed E-state index contributed by atoms with van der Waals surface area (Å²) in [5, 5.41) is 6.84. The summed E-state index contributed by atoms with van der Waals surface area (Å²) in [6.45, 7) is 9.74. The Morgan fingerprint density at radius 2 is 1.94 bits per heavy atom. The van der Waals surface area contributed by atoms with Gasteiger partial charge in [0.05, 0.1) is 0 Å². The molecule has 0 bridgehead atoms. The van der Waals surface area contributed by atoms with E-state index < -0.39 is 0 Å². The van der Waals surface area contributed by atoms with Gasteiger partial charge in [-0.2, -0.15) is 0 Å². The number of hydrogen-bond donors (Lipinski definition) is 2. The summed E-state index contributed by atoms with van der Waals surface area (Å²) in [5.74, 6) is 1.57. The largest absolute Gasteiger partial charge is 0.353 e. The van der Waals surface area contributed by atoms with Gasteiger partial charge in [0, 0.05) is 82.3 Å². The van der Waals surface area contributed by atoms with Gasteiger partial charge >= 0.3 is 0 Å². The van der Waals surface area contributed by atoms with Gasteiger partial charge in [-0.15, -0.1) is 0 Å². The van der Waals surface area contributed by atoms with E-state index in [-0.39, 0.29) is 24.0 Å². The third kappa shape index (κ3) is 6.19. The van der Waals surface area contributed by atoms with Crippen molar-refractivity contribution in [2.45, 2.75) is 57.2 Å². The Kier molecular flexibility index (Phi) is 8.27. The van der Waals surface area contributed by atoms with Crippen LogP contribution in [0.5, 0.6) is 0 Å². The molecule has 5 rings (SSSR count). The molecular formula is C28H42N6O. The summed E-state index contributed by atoms with van der Waals surface area (Å²) >= 11 is 0. The number of carbonyl (C=O) groups is 1. The smallest absolute Gasteiger partial charge is 0.223 e. The van der Waals surface area contributed by atoms with E-state index in [1.807, 2.05) is 18.5 Å². The van der Waals surface area contributed by atoms with E-state index in [1.54, 1.807) is 0 Å². The van der Waals surface area contributed by atoms with Crippen LogP contribution in [0.2, 0.25) is 0 Å². The Balaban J connectivity index is 1.07. The van der Waals surface area contributed by atoms with Crippen LogP contribution < -0.4 is 10.6 Å². The van der Waals surface area contributed by atoms with Gasteiger partial charge < -0.3 is 10.6 Å². The molecule has 4 aliphatic rings. The molecule has 0 aromatic carbocycles. The maximum atomic E-state index is 13.3. The van der Waals surface area contributed by atoms with Gasteiger partial charge in [-0.3, -0.25) is 24.6 Å². The highest BCUT2D eigenvalue weighted by Gasteiger charge is 2.36. The second kappa shape index (κ2) is 11.8. The topological polar surface area (TPSA) is 72.9 Å². The molecule has 2 N–H and O–H groups in total. The Labute approximate surface area is 210 Å². The van der Waals surface area contributed by atoms with E-state index in [0.29, 0.717) is 17.8 Å². The van der Waals surface area contributed by atoms with Crippen LogP contribution in [0.15, 0.2) is 41.7 Å². The number of dihydropyridines is 1. The molecule has 7 nitrogen and oxygen atoms in total. The molecule has 5 unspecified atom stereocenters. The van der Waals surface area contributed by atoms with Gasteiger partial charge in [-0.1, -0.05) is 25.5 Å². The second-order valence-electron chi connectivity index (χ2n) is 10.9. The highest BCUT2D eigenvalue weighted by Crippen LogP contribution is 2.41. The molecule has 3 fully saturated rings. The molecule has 35 heavy (non-hydrogen) atoms. The molecule has 5 atom stereocenters. The first kappa shape index (κ1) is 24.6. The zero-order chi connectivity index (χ0) is 24.0. The number of carbonyl (C=O) groups excluding carboxylic acids is 1. The predicted octanol–water partition coefficient (Wildman–Crippen LogP) is 2.67. The highest BCUT2D eigenvalue weighted by molar-refractivity contribution is 5.79. The van der Waals surface area contributed by atoms with E-state index in [4.69, 9.17) is 4.99 Å². The molecule has 7 heteroatoms. The molecule has 1 amide bonds. The molecule has 190 valence electrons. The lowest BCUT2D eigenvalue weighted by molar-refractivity contribution is -0.129. The summed E-state index contributed by atoms with van der Waals surface area (Å²) in [6, 6.07) is 4.46. The van der Waals surface area contributed by atoms with Crippen molar-refractivity contribution in [3.8, 4) is 0 Å². The van der Waals surface area contributed by atoms with Crippen LogP contribution in [-0.4, -0.2) is 84.9 Å². The second-order valence-corrected chi connectivity index (χ2v) is 10.9. The molecule has 1 saturated carbocycles.